The highest BCUT2D eigenvalue weighted by atomic mass is 15.2. The van der Waals surface area contributed by atoms with Gasteiger partial charge in [0.25, 0.3) is 0 Å². The summed E-state index contributed by atoms with van der Waals surface area (Å²) in [6.07, 6.45) is 0. The van der Waals surface area contributed by atoms with Gasteiger partial charge in [-0.05, 0) is 110 Å². The zero-order chi connectivity index (χ0) is 36.3. The Morgan fingerprint density at radius 2 is 0.745 bits per heavy atom. The smallest absolute Gasteiger partial charge is 0.0727 e. The van der Waals surface area contributed by atoms with Gasteiger partial charge in [-0.2, -0.15) is 0 Å². The molecule has 0 fully saturated rings. The molecular weight excluding hydrogens is 665 g/mol. The highest BCUT2D eigenvalue weighted by Gasteiger charge is 2.53. The van der Waals surface area contributed by atoms with Crippen LogP contribution in [0, 0.1) is 0 Å². The van der Waals surface area contributed by atoms with Crippen molar-refractivity contribution in [1.29, 1.82) is 0 Å². The molecule has 0 radical (unpaired) electrons. The Bertz CT molecular complexity index is 2790. The summed E-state index contributed by atoms with van der Waals surface area (Å²) in [5.74, 6) is 0. The van der Waals surface area contributed by atoms with Crippen LogP contribution in [0.2, 0.25) is 0 Å². The van der Waals surface area contributed by atoms with Crippen LogP contribution in [-0.2, 0) is 5.41 Å². The van der Waals surface area contributed by atoms with Crippen molar-refractivity contribution in [2.45, 2.75) is 5.41 Å². The van der Waals surface area contributed by atoms with Crippen molar-refractivity contribution in [2.75, 3.05) is 9.80 Å². The number of anilines is 6. The molecule has 0 saturated carbocycles. The minimum Gasteiger partial charge on any atom is -0.310 e. The standard InChI is InChI=1S/C53H36N2/c1-5-20-38(21-6-1)54(39-22-7-2-8-23-39)42-35-49-52(50(36-42)55(40-24-9-3-10-25-40)41-26-11-4-12-27-41)45-30-16-18-32-47(45)53(49)46-31-17-15-29-44(46)51-43-28-14-13-19-37(43)33-34-48(51)53/h1-36H. The van der Waals surface area contributed by atoms with Gasteiger partial charge >= 0.3 is 0 Å². The third kappa shape index (κ3) is 4.62. The molecule has 9 aromatic rings. The third-order valence-corrected chi connectivity index (χ3v) is 11.6. The van der Waals surface area contributed by atoms with E-state index in [1.54, 1.807) is 0 Å². The average Bonchev–Trinajstić information content (AvgIpc) is 3.73. The quantitative estimate of drug-likeness (QED) is 0.170. The molecule has 258 valence electrons. The number of para-hydroxylation sites is 4. The van der Waals surface area contributed by atoms with E-state index in [0.717, 1.165) is 34.1 Å². The molecule has 55 heavy (non-hydrogen) atoms. The highest BCUT2D eigenvalue weighted by molar-refractivity contribution is 6.08. The number of rotatable bonds is 6. The Balaban J connectivity index is 1.33. The van der Waals surface area contributed by atoms with Crippen LogP contribution in [0.3, 0.4) is 0 Å². The monoisotopic (exact) mass is 700 g/mol. The SMILES string of the molecule is c1ccc(N(c2ccccc2)c2cc(N(c3ccccc3)c3ccccc3)c3c(c2)C2(c4ccccc4-3)c3ccccc3-c3c2ccc2ccccc32)cc1. The summed E-state index contributed by atoms with van der Waals surface area (Å²) < 4.78 is 0. The van der Waals surface area contributed by atoms with Crippen molar-refractivity contribution in [3.8, 4) is 22.3 Å². The molecule has 2 aliphatic carbocycles. The summed E-state index contributed by atoms with van der Waals surface area (Å²) in [6.45, 7) is 0. The average molecular weight is 701 g/mol. The molecule has 0 saturated heterocycles. The van der Waals surface area contributed by atoms with E-state index in [-0.39, 0.29) is 0 Å². The van der Waals surface area contributed by atoms with E-state index in [4.69, 9.17) is 0 Å². The lowest BCUT2D eigenvalue weighted by molar-refractivity contribution is 0.794. The van der Waals surface area contributed by atoms with Gasteiger partial charge in [0.1, 0.15) is 0 Å². The predicted molar refractivity (Wildman–Crippen MR) is 230 cm³/mol. The second-order valence-corrected chi connectivity index (χ2v) is 14.5. The van der Waals surface area contributed by atoms with E-state index in [0.29, 0.717) is 0 Å². The topological polar surface area (TPSA) is 6.48 Å². The second-order valence-electron chi connectivity index (χ2n) is 14.5. The fourth-order valence-electron chi connectivity index (χ4n) is 9.48. The lowest BCUT2D eigenvalue weighted by Gasteiger charge is -2.34. The van der Waals surface area contributed by atoms with Gasteiger partial charge in [-0.3, -0.25) is 0 Å². The van der Waals surface area contributed by atoms with Crippen LogP contribution in [0.4, 0.5) is 34.1 Å². The van der Waals surface area contributed by atoms with Gasteiger partial charge in [0.15, 0.2) is 0 Å². The van der Waals surface area contributed by atoms with Gasteiger partial charge < -0.3 is 9.80 Å². The van der Waals surface area contributed by atoms with Gasteiger partial charge in [0, 0.05) is 34.0 Å². The molecule has 0 N–H and O–H groups in total. The number of nitrogens with zero attached hydrogens (tertiary/aromatic N) is 2. The Labute approximate surface area is 321 Å². The molecule has 11 rings (SSSR count). The number of hydrogen-bond acceptors (Lipinski definition) is 2. The van der Waals surface area contributed by atoms with Crippen molar-refractivity contribution in [3.63, 3.8) is 0 Å². The van der Waals surface area contributed by atoms with Crippen LogP contribution in [0.5, 0.6) is 0 Å². The van der Waals surface area contributed by atoms with Crippen molar-refractivity contribution < 1.29 is 0 Å². The van der Waals surface area contributed by atoms with Gasteiger partial charge in [-0.25, -0.2) is 0 Å². The summed E-state index contributed by atoms with van der Waals surface area (Å²) in [7, 11) is 0. The molecular formula is C53H36N2. The van der Waals surface area contributed by atoms with Gasteiger partial charge in [-0.15, -0.1) is 0 Å². The van der Waals surface area contributed by atoms with E-state index in [9.17, 15) is 0 Å². The molecule has 1 spiro atoms. The van der Waals surface area contributed by atoms with Crippen molar-refractivity contribution >= 4 is 44.9 Å². The Morgan fingerprint density at radius 3 is 1.31 bits per heavy atom. The molecule has 2 heteroatoms. The molecule has 0 bridgehead atoms. The summed E-state index contributed by atoms with van der Waals surface area (Å²) in [5.41, 5.74) is 16.5. The highest BCUT2D eigenvalue weighted by Crippen LogP contribution is 2.66. The molecule has 0 heterocycles. The summed E-state index contributed by atoms with van der Waals surface area (Å²) >= 11 is 0. The van der Waals surface area contributed by atoms with Gasteiger partial charge in [0.05, 0.1) is 11.1 Å². The lowest BCUT2D eigenvalue weighted by Crippen LogP contribution is -2.26. The lowest BCUT2D eigenvalue weighted by atomic mass is 9.70. The minimum absolute atomic E-state index is 0.551. The van der Waals surface area contributed by atoms with Crippen LogP contribution in [0.15, 0.2) is 218 Å². The summed E-state index contributed by atoms with van der Waals surface area (Å²) in [5, 5.41) is 2.55. The molecule has 0 aliphatic heterocycles. The number of benzene rings is 9. The maximum absolute atomic E-state index is 2.49. The first-order valence-corrected chi connectivity index (χ1v) is 19.0. The van der Waals surface area contributed by atoms with Crippen molar-refractivity contribution in [2.24, 2.45) is 0 Å². The molecule has 1 atom stereocenters. The molecule has 1 unspecified atom stereocenters. The van der Waals surface area contributed by atoms with Crippen LogP contribution < -0.4 is 9.80 Å². The maximum Gasteiger partial charge on any atom is 0.0727 e. The first kappa shape index (κ1) is 31.4. The number of hydrogen-bond donors (Lipinski definition) is 0. The van der Waals surface area contributed by atoms with E-state index in [1.165, 1.54) is 55.3 Å². The predicted octanol–water partition coefficient (Wildman–Crippen LogP) is 14.1. The number of fused-ring (bicyclic) bond motifs is 12. The molecule has 2 aliphatic rings. The van der Waals surface area contributed by atoms with Crippen molar-refractivity contribution in [3.05, 3.63) is 241 Å². The minimum atomic E-state index is -0.551. The molecule has 0 aromatic heterocycles. The van der Waals surface area contributed by atoms with Crippen LogP contribution >= 0.6 is 0 Å². The molecule has 2 nitrogen and oxygen atoms in total. The maximum atomic E-state index is 2.49. The van der Waals surface area contributed by atoms with Crippen LogP contribution in [-0.4, -0.2) is 0 Å². The first-order chi connectivity index (χ1) is 27.3. The zero-order valence-electron chi connectivity index (χ0n) is 30.2. The Hall–Kier alpha value is -7.16. The normalized spacial score (nSPS) is 14.6. The zero-order valence-corrected chi connectivity index (χ0v) is 30.2. The van der Waals surface area contributed by atoms with Crippen LogP contribution in [0.25, 0.3) is 33.0 Å². The third-order valence-electron chi connectivity index (χ3n) is 11.6. The summed E-state index contributed by atoms with van der Waals surface area (Å²) in [6, 6.07) is 80.0. The second kappa shape index (κ2) is 12.5. The van der Waals surface area contributed by atoms with E-state index in [2.05, 4.69) is 228 Å². The van der Waals surface area contributed by atoms with E-state index >= 15 is 0 Å². The fraction of sp³-hybridized carbons (Fsp3) is 0.0189. The summed E-state index contributed by atoms with van der Waals surface area (Å²) in [4.78, 5) is 4.87. The largest absolute Gasteiger partial charge is 0.310 e. The van der Waals surface area contributed by atoms with E-state index < -0.39 is 5.41 Å². The Kier molecular flexibility index (Phi) is 7.11. The Morgan fingerprint density at radius 1 is 0.291 bits per heavy atom. The molecule has 9 aromatic carbocycles. The van der Waals surface area contributed by atoms with Crippen LogP contribution in [0.1, 0.15) is 22.3 Å². The first-order valence-electron chi connectivity index (χ1n) is 19.0. The fourth-order valence-corrected chi connectivity index (χ4v) is 9.48. The van der Waals surface area contributed by atoms with Gasteiger partial charge in [0.2, 0.25) is 0 Å². The molecule has 0 amide bonds. The van der Waals surface area contributed by atoms with Gasteiger partial charge in [-0.1, -0.05) is 158 Å². The van der Waals surface area contributed by atoms with E-state index in [1.807, 2.05) is 0 Å². The van der Waals surface area contributed by atoms with Crippen molar-refractivity contribution in [1.82, 2.24) is 0 Å².